The molecule has 2 aliphatic rings. The Balaban J connectivity index is 0.00000185. The van der Waals surface area contributed by atoms with Crippen molar-refractivity contribution in [2.24, 2.45) is 0 Å². The van der Waals surface area contributed by atoms with Gasteiger partial charge in [0.1, 0.15) is 0 Å². The molecule has 0 aromatic heterocycles. The van der Waals surface area contributed by atoms with Crippen molar-refractivity contribution in [2.45, 2.75) is 51.6 Å². The van der Waals surface area contributed by atoms with Crippen LogP contribution in [0, 0.1) is 41.5 Å². The van der Waals surface area contributed by atoms with E-state index in [1.165, 1.54) is 55.6 Å². The van der Waals surface area contributed by atoms with Gasteiger partial charge in [-0.15, -0.1) is 0 Å². The van der Waals surface area contributed by atoms with Gasteiger partial charge in [-0.25, -0.2) is 0 Å². The summed E-state index contributed by atoms with van der Waals surface area (Å²) < 4.78 is 3.84. The van der Waals surface area contributed by atoms with Crippen molar-refractivity contribution in [1.82, 2.24) is 0 Å². The molecular formula is C37H36Cl2Hf. The normalized spacial score (nSPS) is 13.0. The molecule has 0 radical (unpaired) electrons. The van der Waals surface area contributed by atoms with Gasteiger partial charge in [-0.05, 0) is 0 Å². The molecule has 0 bridgehead atoms. The van der Waals surface area contributed by atoms with Crippen LogP contribution in [0.3, 0.4) is 0 Å². The summed E-state index contributed by atoms with van der Waals surface area (Å²) in [4.78, 5) is 0. The average molecular weight is 730 g/mol. The van der Waals surface area contributed by atoms with E-state index in [0.717, 1.165) is 6.42 Å². The fraction of sp³-hybridized carbons (Fsp3) is 0.216. The molecule has 0 nitrogen and oxygen atoms in total. The average Bonchev–Trinajstić information content (AvgIpc) is 3.52. The Hall–Kier alpha value is -2.32. The minimum Gasteiger partial charge on any atom is -1.00 e. The first-order chi connectivity index (χ1) is 18.3. The van der Waals surface area contributed by atoms with Gasteiger partial charge in [0, 0.05) is 0 Å². The quantitative estimate of drug-likeness (QED) is 0.283. The number of hydrogen-bond donors (Lipinski definition) is 0. The third kappa shape index (κ3) is 5.46. The number of benzene rings is 4. The predicted octanol–water partition coefficient (Wildman–Crippen LogP) is 3.35. The maximum absolute atomic E-state index is 2.84. The molecule has 2 aliphatic carbocycles. The third-order valence-corrected chi connectivity index (χ3v) is 20.7. The molecule has 0 atom stereocenters. The van der Waals surface area contributed by atoms with E-state index < -0.39 is 21.0 Å². The van der Waals surface area contributed by atoms with Crippen molar-refractivity contribution in [3.05, 3.63) is 150 Å². The van der Waals surface area contributed by atoms with Gasteiger partial charge in [0.2, 0.25) is 0 Å². The van der Waals surface area contributed by atoms with Crippen LogP contribution >= 0.6 is 0 Å². The summed E-state index contributed by atoms with van der Waals surface area (Å²) in [5.41, 5.74) is 17.1. The summed E-state index contributed by atoms with van der Waals surface area (Å²) in [5.74, 6) is 0. The van der Waals surface area contributed by atoms with Crippen LogP contribution in [0.2, 0.25) is 0 Å². The minimum atomic E-state index is -2.84. The van der Waals surface area contributed by atoms with Crippen molar-refractivity contribution in [3.8, 4) is 11.1 Å². The minimum absolute atomic E-state index is 0. The van der Waals surface area contributed by atoms with Crippen LogP contribution in [0.1, 0.15) is 65.7 Å². The number of aryl methyl sites for hydroxylation is 6. The Bertz CT molecular complexity index is 1560. The van der Waals surface area contributed by atoms with Crippen molar-refractivity contribution in [1.29, 1.82) is 0 Å². The van der Waals surface area contributed by atoms with Crippen molar-refractivity contribution < 1.29 is 45.8 Å². The first kappa shape index (κ1) is 30.6. The van der Waals surface area contributed by atoms with Crippen LogP contribution < -0.4 is 24.8 Å². The second-order valence-electron chi connectivity index (χ2n) is 11.3. The van der Waals surface area contributed by atoms with Crippen LogP contribution in [-0.2, 0) is 21.0 Å². The molecule has 0 aliphatic heterocycles. The standard InChI is InChI=1S/C17H17.C15H14.C5H5.2ClH.Hf/c1-10-5-14-9-15-6-11(2)13(4)8-17(15)16(14)7-12(10)3;1-12-3-7-14(8-4-12)11-15-9-5-13(2)6-10-15;1-2-4-5-3-1;;;/h5-9H,1-4H3;3-10H,1-2H3;1-3H,4H2;2*1H;/q;;;;;+2/p-2. The van der Waals surface area contributed by atoms with Gasteiger partial charge in [-0.3, -0.25) is 0 Å². The molecule has 4 aromatic rings. The molecule has 202 valence electrons. The molecule has 0 heterocycles. The molecule has 0 amide bonds. The van der Waals surface area contributed by atoms with Gasteiger partial charge in [0.15, 0.2) is 0 Å². The Labute approximate surface area is 260 Å². The second-order valence-corrected chi connectivity index (χ2v) is 20.5. The Morgan fingerprint density at radius 1 is 0.600 bits per heavy atom. The van der Waals surface area contributed by atoms with Gasteiger partial charge in [0.05, 0.1) is 0 Å². The molecule has 4 aromatic carbocycles. The zero-order valence-corrected chi connectivity index (χ0v) is 29.3. The molecule has 40 heavy (non-hydrogen) atoms. The van der Waals surface area contributed by atoms with E-state index in [-0.39, 0.29) is 24.8 Å². The monoisotopic (exact) mass is 730 g/mol. The molecule has 0 saturated heterocycles. The first-order valence-corrected chi connectivity index (χ1v) is 19.5. The van der Waals surface area contributed by atoms with Gasteiger partial charge >= 0.3 is 237 Å². The molecule has 0 spiro atoms. The maximum atomic E-state index is 2.54. The van der Waals surface area contributed by atoms with Crippen LogP contribution in [0.25, 0.3) is 11.1 Å². The summed E-state index contributed by atoms with van der Waals surface area (Å²) in [6.45, 7) is 13.5. The second kappa shape index (κ2) is 12.3. The molecule has 6 rings (SSSR count). The first-order valence-electron chi connectivity index (χ1n) is 13.8. The van der Waals surface area contributed by atoms with E-state index in [1.807, 2.05) is 0 Å². The topological polar surface area (TPSA) is 0 Å². The Morgan fingerprint density at radius 3 is 1.43 bits per heavy atom. The molecule has 0 saturated carbocycles. The van der Waals surface area contributed by atoms with E-state index in [2.05, 4.69) is 133 Å². The fourth-order valence-corrected chi connectivity index (χ4v) is 19.3. The number of halogens is 2. The molecular weight excluding hydrogens is 694 g/mol. The molecule has 0 N–H and O–H groups in total. The largest absolute Gasteiger partial charge is 1.00 e. The van der Waals surface area contributed by atoms with E-state index >= 15 is 0 Å². The molecule has 0 fully saturated rings. The number of fused-ring (bicyclic) bond motifs is 3. The van der Waals surface area contributed by atoms with Gasteiger partial charge in [-0.1, -0.05) is 0 Å². The summed E-state index contributed by atoms with van der Waals surface area (Å²) in [5, 5.41) is 0. The van der Waals surface area contributed by atoms with Gasteiger partial charge < -0.3 is 24.8 Å². The summed E-state index contributed by atoms with van der Waals surface area (Å²) >= 11 is -2.84. The summed E-state index contributed by atoms with van der Waals surface area (Å²) in [6.07, 6.45) is 8.25. The number of allylic oxidation sites excluding steroid dienone is 4. The Morgan fingerprint density at radius 2 is 1.02 bits per heavy atom. The maximum Gasteiger partial charge on any atom is -1.00 e. The third-order valence-electron chi connectivity index (χ3n) is 8.60. The number of rotatable bonds is 4. The van der Waals surface area contributed by atoms with Crippen molar-refractivity contribution >= 4 is 3.26 Å². The molecule has 3 heteroatoms. The fourth-order valence-electron chi connectivity index (χ4n) is 6.16. The summed E-state index contributed by atoms with van der Waals surface area (Å²) in [7, 11) is 0. The van der Waals surface area contributed by atoms with Crippen LogP contribution in [0.15, 0.2) is 94.4 Å². The smallest absolute Gasteiger partial charge is 1.00 e. The van der Waals surface area contributed by atoms with Crippen molar-refractivity contribution in [3.63, 3.8) is 0 Å². The van der Waals surface area contributed by atoms with Crippen LogP contribution in [0.5, 0.6) is 0 Å². The van der Waals surface area contributed by atoms with Crippen molar-refractivity contribution in [2.75, 3.05) is 0 Å². The van der Waals surface area contributed by atoms with E-state index in [9.17, 15) is 0 Å². The van der Waals surface area contributed by atoms with Crippen LogP contribution in [0.4, 0.5) is 0 Å². The zero-order valence-electron chi connectivity index (χ0n) is 24.2. The summed E-state index contributed by atoms with van der Waals surface area (Å²) in [6, 6.07) is 28.7. The van der Waals surface area contributed by atoms with Gasteiger partial charge in [0.25, 0.3) is 0 Å². The predicted molar refractivity (Wildman–Crippen MR) is 160 cm³/mol. The Kier molecular flexibility index (Phi) is 9.40. The van der Waals surface area contributed by atoms with Gasteiger partial charge in [-0.2, -0.15) is 0 Å². The van der Waals surface area contributed by atoms with E-state index in [4.69, 9.17) is 0 Å². The number of hydrogen-bond acceptors (Lipinski definition) is 0. The van der Waals surface area contributed by atoms with E-state index in [0.29, 0.717) is 3.67 Å². The van der Waals surface area contributed by atoms with Crippen LogP contribution in [-0.4, -0.2) is 3.26 Å². The van der Waals surface area contributed by atoms with E-state index in [1.54, 1.807) is 17.7 Å². The SMILES string of the molecule is Cc1ccc([C](c2ccc(C)cc2)=[Hf+2]([C]2=CC=CC2)[CH]2c3cc(C)c(C)cc3-c3cc(C)c(C)cc32)cc1.[Cl-].[Cl-]. The zero-order chi connectivity index (χ0) is 26.6. The molecule has 0 unspecified atom stereocenters.